The smallest absolute Gasteiger partial charge is 0.131 e. The lowest BCUT2D eigenvalue weighted by molar-refractivity contribution is 0.251. The Labute approximate surface area is 300 Å². The zero-order valence-electron chi connectivity index (χ0n) is 29.4. The molecular formula is C48H43NO2. The molecule has 4 aromatic carbocycles. The Bertz CT molecular complexity index is 2370. The van der Waals surface area contributed by atoms with Crippen molar-refractivity contribution in [3.63, 3.8) is 0 Å². The second-order valence-corrected chi connectivity index (χ2v) is 14.8. The van der Waals surface area contributed by atoms with Gasteiger partial charge in [-0.05, 0) is 106 Å². The van der Waals surface area contributed by atoms with Crippen molar-refractivity contribution >= 4 is 27.5 Å². The predicted octanol–water partition coefficient (Wildman–Crippen LogP) is 11.5. The van der Waals surface area contributed by atoms with E-state index in [0.717, 1.165) is 28.9 Å². The van der Waals surface area contributed by atoms with Gasteiger partial charge in [0.1, 0.15) is 17.6 Å². The van der Waals surface area contributed by atoms with Crippen molar-refractivity contribution in [3.8, 4) is 5.75 Å². The number of aliphatic hydroxyl groups excluding tert-OH is 1. The van der Waals surface area contributed by atoms with Crippen molar-refractivity contribution in [3.05, 3.63) is 190 Å². The molecule has 0 radical (unpaired) electrons. The van der Waals surface area contributed by atoms with Crippen LogP contribution in [0, 0.1) is 11.8 Å². The number of aliphatic hydroxyl groups is 1. The van der Waals surface area contributed by atoms with E-state index in [-0.39, 0.29) is 35.5 Å². The van der Waals surface area contributed by atoms with E-state index in [1.807, 2.05) is 25.1 Å². The number of hydrogen-bond donors (Lipinski definition) is 2. The van der Waals surface area contributed by atoms with Gasteiger partial charge >= 0.3 is 0 Å². The minimum Gasteiger partial charge on any atom is -0.508 e. The summed E-state index contributed by atoms with van der Waals surface area (Å²) in [6.07, 6.45) is 19.6. The zero-order chi connectivity index (χ0) is 34.8. The highest BCUT2D eigenvalue weighted by atomic mass is 16.5. The van der Waals surface area contributed by atoms with Gasteiger partial charge in [-0.2, -0.15) is 0 Å². The predicted molar refractivity (Wildman–Crippen MR) is 211 cm³/mol. The molecule has 0 saturated carbocycles. The molecule has 3 heteroatoms. The molecule has 0 spiro atoms. The molecule has 5 unspecified atom stereocenters. The molecular weight excluding hydrogens is 623 g/mol. The van der Waals surface area contributed by atoms with Crippen LogP contribution in [0.1, 0.15) is 73.3 Å². The quantitative estimate of drug-likeness (QED) is 0.197. The molecule has 0 fully saturated rings. The Balaban J connectivity index is 1.30. The van der Waals surface area contributed by atoms with E-state index in [2.05, 4.69) is 129 Å². The lowest BCUT2D eigenvalue weighted by Gasteiger charge is -2.32. The molecule has 1 heterocycles. The maximum Gasteiger partial charge on any atom is 0.131 e. The van der Waals surface area contributed by atoms with Crippen molar-refractivity contribution in [2.75, 3.05) is 0 Å². The first-order chi connectivity index (χ1) is 24.9. The summed E-state index contributed by atoms with van der Waals surface area (Å²) in [6, 6.07) is 30.5. The van der Waals surface area contributed by atoms with Crippen LogP contribution in [0.25, 0.3) is 27.5 Å². The zero-order valence-corrected chi connectivity index (χ0v) is 29.4. The highest BCUT2D eigenvalue weighted by Gasteiger charge is 2.39. The third kappa shape index (κ3) is 5.17. The Kier molecular flexibility index (Phi) is 7.61. The third-order valence-electron chi connectivity index (χ3n) is 11.8. The van der Waals surface area contributed by atoms with E-state index < -0.39 is 0 Å². The van der Waals surface area contributed by atoms with Crippen LogP contribution in [-0.4, -0.2) is 11.2 Å². The lowest BCUT2D eigenvalue weighted by atomic mass is 9.73. The molecule has 9 rings (SSSR count). The van der Waals surface area contributed by atoms with Crippen molar-refractivity contribution in [1.82, 2.24) is 0 Å². The number of allylic oxidation sites excluding steroid dienone is 13. The minimum absolute atomic E-state index is 0.107. The third-order valence-corrected chi connectivity index (χ3v) is 11.8. The standard InChI is InChI=1S/C48H43NO2/c1-28-35-17-10-19-37(28)40-14-6-7-16-42(40)47(30(3)49)45(50)23-22-32-25-34(27-44-41-15-8-9-21-46(41)51-48(32)44)36-18-11-20-38(29(36)2)43-26-33(35)24-31-12-4-5-13-39(31)43/h4-17,19-21,23-28,35-36,44,48,50H,18,22,49H2,1-3H3/b45-23+,47-30+. The Morgan fingerprint density at radius 1 is 0.902 bits per heavy atom. The molecule has 8 bridgehead atoms. The summed E-state index contributed by atoms with van der Waals surface area (Å²) in [6.45, 7) is 6.54. The molecule has 0 amide bonds. The highest BCUT2D eigenvalue weighted by Crippen LogP contribution is 2.50. The minimum atomic E-state index is -0.125. The lowest BCUT2D eigenvalue weighted by Crippen LogP contribution is -2.25. The van der Waals surface area contributed by atoms with Crippen molar-refractivity contribution < 1.29 is 9.84 Å². The first-order valence-electron chi connectivity index (χ1n) is 18.3. The number of nitrogens with two attached hydrogens (primary N) is 1. The molecule has 4 aliphatic carbocycles. The molecule has 0 aromatic heterocycles. The largest absolute Gasteiger partial charge is 0.508 e. The summed E-state index contributed by atoms with van der Waals surface area (Å²) in [5, 5.41) is 14.5. The normalized spacial score (nSPS) is 27.0. The maximum atomic E-state index is 11.9. The number of para-hydroxylation sites is 1. The summed E-state index contributed by atoms with van der Waals surface area (Å²) in [4.78, 5) is 0. The van der Waals surface area contributed by atoms with Crippen LogP contribution >= 0.6 is 0 Å². The molecule has 5 atom stereocenters. The molecule has 3 N–H and O–H groups in total. The summed E-state index contributed by atoms with van der Waals surface area (Å²) in [7, 11) is 0. The molecule has 1 aliphatic heterocycles. The van der Waals surface area contributed by atoms with Gasteiger partial charge in [-0.25, -0.2) is 0 Å². The Hall–Kier alpha value is -5.54. The second kappa shape index (κ2) is 12.3. The fraction of sp³-hybridized carbons (Fsp3) is 0.208. The monoisotopic (exact) mass is 665 g/mol. The van der Waals surface area contributed by atoms with E-state index in [9.17, 15) is 5.11 Å². The van der Waals surface area contributed by atoms with Crippen LogP contribution in [0.15, 0.2) is 162 Å². The van der Waals surface area contributed by atoms with Gasteiger partial charge in [0.05, 0.1) is 0 Å². The van der Waals surface area contributed by atoms with Crippen LogP contribution in [0.2, 0.25) is 0 Å². The number of benzene rings is 4. The SMILES string of the molecule is CC1=C2C=CCC1C1=CC3c4ccccc4OC3C(=C1)C/C=C(O)\C(=C(/C)N)c1ccccc1C1=CC=CC(c3cc2c2ccccc2c3)C1C. The van der Waals surface area contributed by atoms with Gasteiger partial charge in [0.2, 0.25) is 0 Å². The van der Waals surface area contributed by atoms with E-state index in [1.54, 1.807) is 0 Å². The van der Waals surface area contributed by atoms with Crippen LogP contribution in [0.5, 0.6) is 5.75 Å². The first kappa shape index (κ1) is 31.4. The van der Waals surface area contributed by atoms with Gasteiger partial charge in [0, 0.05) is 34.6 Å². The van der Waals surface area contributed by atoms with Gasteiger partial charge in [-0.15, -0.1) is 0 Å². The average Bonchev–Trinajstić information content (AvgIpc) is 3.52. The number of hydrogen-bond acceptors (Lipinski definition) is 3. The van der Waals surface area contributed by atoms with Crippen LogP contribution in [0.4, 0.5) is 0 Å². The summed E-state index contributed by atoms with van der Waals surface area (Å²) in [5.41, 5.74) is 20.2. The molecule has 0 saturated heterocycles. The van der Waals surface area contributed by atoms with Gasteiger partial charge in [-0.3, -0.25) is 0 Å². The van der Waals surface area contributed by atoms with Gasteiger partial charge in [0.25, 0.3) is 0 Å². The van der Waals surface area contributed by atoms with Gasteiger partial charge < -0.3 is 15.6 Å². The van der Waals surface area contributed by atoms with Crippen molar-refractivity contribution in [1.29, 1.82) is 0 Å². The van der Waals surface area contributed by atoms with Crippen molar-refractivity contribution in [2.24, 2.45) is 17.6 Å². The second-order valence-electron chi connectivity index (χ2n) is 14.8. The average molecular weight is 666 g/mol. The van der Waals surface area contributed by atoms with Crippen LogP contribution < -0.4 is 10.5 Å². The topological polar surface area (TPSA) is 55.5 Å². The van der Waals surface area contributed by atoms with E-state index in [1.165, 1.54) is 49.8 Å². The van der Waals surface area contributed by atoms with Gasteiger partial charge in [-0.1, -0.05) is 128 Å². The first-order valence-corrected chi connectivity index (χ1v) is 18.3. The molecule has 5 aliphatic rings. The molecule has 252 valence electrons. The van der Waals surface area contributed by atoms with Crippen LogP contribution in [-0.2, 0) is 0 Å². The highest BCUT2D eigenvalue weighted by molar-refractivity contribution is 5.98. The molecule has 3 nitrogen and oxygen atoms in total. The fourth-order valence-electron chi connectivity index (χ4n) is 9.27. The maximum absolute atomic E-state index is 11.9. The van der Waals surface area contributed by atoms with Crippen molar-refractivity contribution in [2.45, 2.75) is 51.6 Å². The summed E-state index contributed by atoms with van der Waals surface area (Å²) in [5.74, 6) is 1.83. The number of rotatable bonds is 0. The molecule has 51 heavy (non-hydrogen) atoms. The number of ether oxygens (including phenoxy) is 1. The fourth-order valence-corrected chi connectivity index (χ4v) is 9.27. The summed E-state index contributed by atoms with van der Waals surface area (Å²) >= 11 is 0. The van der Waals surface area contributed by atoms with E-state index in [4.69, 9.17) is 10.5 Å². The number of fused-ring (bicyclic) bond motifs is 17. The molecule has 4 aromatic rings. The van der Waals surface area contributed by atoms with Crippen LogP contribution in [0.3, 0.4) is 0 Å². The Morgan fingerprint density at radius 2 is 1.69 bits per heavy atom. The van der Waals surface area contributed by atoms with E-state index >= 15 is 0 Å². The van der Waals surface area contributed by atoms with E-state index in [0.29, 0.717) is 17.7 Å². The summed E-state index contributed by atoms with van der Waals surface area (Å²) < 4.78 is 6.66. The Morgan fingerprint density at radius 3 is 2.55 bits per heavy atom. The van der Waals surface area contributed by atoms with Gasteiger partial charge in [0.15, 0.2) is 0 Å².